The maximum absolute atomic E-state index is 13.0. The Balaban J connectivity index is 1.90. The van der Waals surface area contributed by atoms with Crippen molar-refractivity contribution in [3.63, 3.8) is 0 Å². The van der Waals surface area contributed by atoms with Crippen molar-refractivity contribution in [2.24, 2.45) is 0 Å². The zero-order valence-corrected chi connectivity index (χ0v) is 16.2. The minimum atomic E-state index is -3.62. The van der Waals surface area contributed by atoms with E-state index in [1.54, 1.807) is 48.5 Å². The Morgan fingerprint density at radius 1 is 1.22 bits per heavy atom. The SMILES string of the molecule is COc1cc(C2SCCN2S(=O)(=O)c2ccccc2)ccc1OCC(=O)O. The van der Waals surface area contributed by atoms with E-state index in [2.05, 4.69) is 0 Å². The molecular weight excluding hydrogens is 390 g/mol. The molecular formula is C18H19NO6S2. The van der Waals surface area contributed by atoms with E-state index in [9.17, 15) is 13.2 Å². The molecule has 7 nitrogen and oxygen atoms in total. The number of hydrogen-bond acceptors (Lipinski definition) is 6. The molecule has 1 N–H and O–H groups in total. The van der Waals surface area contributed by atoms with E-state index in [4.69, 9.17) is 14.6 Å². The number of thioether (sulfide) groups is 1. The number of benzene rings is 2. The normalized spacial score (nSPS) is 17.6. The van der Waals surface area contributed by atoms with Crippen LogP contribution in [0, 0.1) is 0 Å². The predicted octanol–water partition coefficient (Wildman–Crippen LogP) is 2.59. The lowest BCUT2D eigenvalue weighted by molar-refractivity contribution is -0.139. The first-order chi connectivity index (χ1) is 12.9. The summed E-state index contributed by atoms with van der Waals surface area (Å²) in [5.74, 6) is 0.242. The summed E-state index contributed by atoms with van der Waals surface area (Å²) in [6.07, 6.45) is 0. The van der Waals surface area contributed by atoms with Crippen LogP contribution in [0.4, 0.5) is 0 Å². The zero-order chi connectivity index (χ0) is 19.4. The van der Waals surface area contributed by atoms with Gasteiger partial charge in [0.25, 0.3) is 0 Å². The van der Waals surface area contributed by atoms with E-state index < -0.39 is 28.0 Å². The second-order valence-corrected chi connectivity index (χ2v) is 8.82. The molecule has 1 unspecified atom stereocenters. The number of ether oxygens (including phenoxy) is 2. The molecule has 1 heterocycles. The summed E-state index contributed by atoms with van der Waals surface area (Å²) in [7, 11) is -2.17. The Labute approximate surface area is 161 Å². The highest BCUT2D eigenvalue weighted by Gasteiger charge is 2.37. The Morgan fingerprint density at radius 3 is 2.63 bits per heavy atom. The molecule has 1 fully saturated rings. The minimum Gasteiger partial charge on any atom is -0.493 e. The van der Waals surface area contributed by atoms with Crippen molar-refractivity contribution < 1.29 is 27.8 Å². The lowest BCUT2D eigenvalue weighted by Crippen LogP contribution is -2.30. The summed E-state index contributed by atoms with van der Waals surface area (Å²) < 4.78 is 38.0. The van der Waals surface area contributed by atoms with Crippen molar-refractivity contribution in [2.75, 3.05) is 26.0 Å². The number of carbonyl (C=O) groups is 1. The summed E-state index contributed by atoms with van der Waals surface area (Å²) in [4.78, 5) is 10.9. The van der Waals surface area contributed by atoms with Crippen molar-refractivity contribution in [3.8, 4) is 11.5 Å². The maximum Gasteiger partial charge on any atom is 0.341 e. The second kappa shape index (κ2) is 8.20. The number of aliphatic carboxylic acids is 1. The highest BCUT2D eigenvalue weighted by Crippen LogP contribution is 2.43. The molecule has 0 radical (unpaired) electrons. The van der Waals surface area contributed by atoms with Crippen molar-refractivity contribution in [2.45, 2.75) is 10.3 Å². The summed E-state index contributed by atoms with van der Waals surface area (Å²) in [6, 6.07) is 13.4. The molecule has 1 atom stereocenters. The molecule has 1 aliphatic heterocycles. The molecule has 1 saturated heterocycles. The molecule has 1 aliphatic rings. The molecule has 3 rings (SSSR count). The number of nitrogens with zero attached hydrogens (tertiary/aromatic N) is 1. The number of hydrogen-bond donors (Lipinski definition) is 1. The number of sulfonamides is 1. The van der Waals surface area contributed by atoms with E-state index in [1.807, 2.05) is 0 Å². The Bertz CT molecular complexity index is 917. The van der Waals surface area contributed by atoms with Gasteiger partial charge in [-0.25, -0.2) is 13.2 Å². The van der Waals surface area contributed by atoms with Gasteiger partial charge in [-0.15, -0.1) is 11.8 Å². The van der Waals surface area contributed by atoms with Crippen LogP contribution < -0.4 is 9.47 Å². The van der Waals surface area contributed by atoms with E-state index in [1.165, 1.54) is 23.2 Å². The van der Waals surface area contributed by atoms with Gasteiger partial charge in [0.2, 0.25) is 10.0 Å². The summed E-state index contributed by atoms with van der Waals surface area (Å²) in [5.41, 5.74) is 0.747. The molecule has 9 heteroatoms. The van der Waals surface area contributed by atoms with Gasteiger partial charge in [-0.3, -0.25) is 0 Å². The van der Waals surface area contributed by atoms with E-state index in [0.717, 1.165) is 5.56 Å². The monoisotopic (exact) mass is 409 g/mol. The van der Waals surface area contributed by atoms with Gasteiger partial charge < -0.3 is 14.6 Å². The topological polar surface area (TPSA) is 93.1 Å². The molecule has 0 amide bonds. The number of methoxy groups -OCH3 is 1. The van der Waals surface area contributed by atoms with Crippen molar-refractivity contribution in [3.05, 3.63) is 54.1 Å². The van der Waals surface area contributed by atoms with Crippen LogP contribution in [0.25, 0.3) is 0 Å². The highest BCUT2D eigenvalue weighted by atomic mass is 32.2. The van der Waals surface area contributed by atoms with Crippen molar-refractivity contribution in [1.29, 1.82) is 0 Å². The fraction of sp³-hybridized carbons (Fsp3) is 0.278. The van der Waals surface area contributed by atoms with Gasteiger partial charge in [-0.05, 0) is 29.8 Å². The second-order valence-electron chi connectivity index (χ2n) is 5.74. The molecule has 0 aromatic heterocycles. The van der Waals surface area contributed by atoms with Crippen molar-refractivity contribution >= 4 is 27.8 Å². The molecule has 27 heavy (non-hydrogen) atoms. The van der Waals surface area contributed by atoms with Crippen LogP contribution in [-0.4, -0.2) is 49.8 Å². The van der Waals surface area contributed by atoms with E-state index in [0.29, 0.717) is 23.8 Å². The van der Waals surface area contributed by atoms with Crippen LogP contribution in [0.1, 0.15) is 10.9 Å². The Hall–Kier alpha value is -2.23. The van der Waals surface area contributed by atoms with Gasteiger partial charge in [0.1, 0.15) is 0 Å². The van der Waals surface area contributed by atoms with E-state index >= 15 is 0 Å². The highest BCUT2D eigenvalue weighted by molar-refractivity contribution is 8.01. The van der Waals surface area contributed by atoms with Crippen LogP contribution in [0.15, 0.2) is 53.4 Å². The molecule has 0 saturated carbocycles. The summed E-state index contributed by atoms with van der Waals surface area (Å²) >= 11 is 1.52. The first-order valence-corrected chi connectivity index (χ1v) is 10.6. The quantitative estimate of drug-likeness (QED) is 0.751. The van der Waals surface area contributed by atoms with Crippen molar-refractivity contribution in [1.82, 2.24) is 4.31 Å². The van der Waals surface area contributed by atoms with Gasteiger partial charge in [0.15, 0.2) is 18.1 Å². The molecule has 0 spiro atoms. The van der Waals surface area contributed by atoms with Gasteiger partial charge in [0.05, 0.1) is 17.4 Å². The lowest BCUT2D eigenvalue weighted by Gasteiger charge is -2.24. The first kappa shape index (κ1) is 19.5. The minimum absolute atomic E-state index is 0.255. The third kappa shape index (κ3) is 4.20. The van der Waals surface area contributed by atoms with Crippen LogP contribution in [0.5, 0.6) is 11.5 Å². The van der Waals surface area contributed by atoms with Gasteiger partial charge in [-0.2, -0.15) is 4.31 Å². The number of carboxylic acids is 1. The average Bonchev–Trinajstić information content (AvgIpc) is 3.17. The van der Waals surface area contributed by atoms with Crippen LogP contribution in [0.3, 0.4) is 0 Å². The van der Waals surface area contributed by atoms with Gasteiger partial charge in [0, 0.05) is 12.3 Å². The average molecular weight is 409 g/mol. The summed E-state index contributed by atoms with van der Waals surface area (Å²) in [6.45, 7) is -0.0749. The third-order valence-corrected chi connectivity index (χ3v) is 7.30. The van der Waals surface area contributed by atoms with Crippen LogP contribution in [0.2, 0.25) is 0 Å². The number of carboxylic acid groups (broad SMARTS) is 1. The van der Waals surface area contributed by atoms with E-state index in [-0.39, 0.29) is 4.90 Å². The molecule has 144 valence electrons. The maximum atomic E-state index is 13.0. The Kier molecular flexibility index (Phi) is 5.93. The number of rotatable bonds is 7. The lowest BCUT2D eigenvalue weighted by atomic mass is 10.2. The first-order valence-electron chi connectivity index (χ1n) is 8.14. The smallest absolute Gasteiger partial charge is 0.341 e. The summed E-state index contributed by atoms with van der Waals surface area (Å²) in [5, 5.41) is 8.36. The van der Waals surface area contributed by atoms with Gasteiger partial charge >= 0.3 is 5.97 Å². The zero-order valence-electron chi connectivity index (χ0n) is 14.6. The fourth-order valence-corrected chi connectivity index (χ4v) is 6.04. The fourth-order valence-electron chi connectivity index (χ4n) is 2.79. The third-order valence-electron chi connectivity index (χ3n) is 4.02. The van der Waals surface area contributed by atoms with Crippen LogP contribution >= 0.6 is 11.8 Å². The van der Waals surface area contributed by atoms with Crippen LogP contribution in [-0.2, 0) is 14.8 Å². The van der Waals surface area contributed by atoms with Gasteiger partial charge in [-0.1, -0.05) is 24.3 Å². The predicted molar refractivity (Wildman–Crippen MR) is 102 cm³/mol. The molecule has 0 aliphatic carbocycles. The Morgan fingerprint density at radius 2 is 1.96 bits per heavy atom. The molecule has 2 aromatic rings. The molecule has 0 bridgehead atoms. The standard InChI is InChI=1S/C18H19NO6S2/c1-24-16-11-13(7-8-15(16)25-12-17(20)21)18-19(9-10-26-18)27(22,23)14-5-3-2-4-6-14/h2-8,11,18H,9-10,12H2,1H3,(H,20,21). The largest absolute Gasteiger partial charge is 0.493 e. The molecule has 2 aromatic carbocycles.